The van der Waals surface area contributed by atoms with Gasteiger partial charge in [-0.2, -0.15) is 8.61 Å². The quantitative estimate of drug-likeness (QED) is 0.687. The minimum atomic E-state index is -3.88. The van der Waals surface area contributed by atoms with Crippen LogP contribution in [0.25, 0.3) is 0 Å². The lowest BCUT2D eigenvalue weighted by molar-refractivity contribution is -0.0699. The average Bonchev–Trinajstić information content (AvgIpc) is 2.28. The number of rotatable bonds is 2. The summed E-state index contributed by atoms with van der Waals surface area (Å²) >= 11 is 0. The van der Waals surface area contributed by atoms with Crippen LogP contribution in [0.15, 0.2) is 0 Å². The third-order valence-corrected chi connectivity index (χ3v) is 8.63. The fourth-order valence-corrected chi connectivity index (χ4v) is 4.81. The predicted octanol–water partition coefficient (Wildman–Crippen LogP) is -0.503. The van der Waals surface area contributed by atoms with Crippen LogP contribution in [0.3, 0.4) is 0 Å². The SMILES string of the molecule is CC(C)(C)S(=O)(=O)N1CC(O)N(S(=O)(=O)C(C)(C)C)CC1O. The molecule has 2 atom stereocenters. The van der Waals surface area contributed by atoms with E-state index in [-0.39, 0.29) is 0 Å². The van der Waals surface area contributed by atoms with Crippen molar-refractivity contribution in [2.75, 3.05) is 13.1 Å². The Balaban J connectivity index is 3.16. The van der Waals surface area contributed by atoms with Gasteiger partial charge in [-0.05, 0) is 41.5 Å². The first-order chi connectivity index (χ1) is 9.53. The smallest absolute Gasteiger partial charge is 0.221 e. The molecule has 10 heteroatoms. The Morgan fingerprint density at radius 2 is 0.955 bits per heavy atom. The van der Waals surface area contributed by atoms with E-state index in [1.807, 2.05) is 0 Å². The van der Waals surface area contributed by atoms with Crippen molar-refractivity contribution in [3.8, 4) is 0 Å². The van der Waals surface area contributed by atoms with E-state index in [0.29, 0.717) is 0 Å². The van der Waals surface area contributed by atoms with E-state index in [1.54, 1.807) is 0 Å². The van der Waals surface area contributed by atoms with E-state index >= 15 is 0 Å². The Kier molecular flexibility index (Phi) is 5.10. The Morgan fingerprint density at radius 1 is 0.727 bits per heavy atom. The van der Waals surface area contributed by atoms with Gasteiger partial charge < -0.3 is 10.2 Å². The van der Waals surface area contributed by atoms with Gasteiger partial charge in [-0.1, -0.05) is 0 Å². The molecular weight excluding hydrogens is 332 g/mol. The van der Waals surface area contributed by atoms with Gasteiger partial charge in [0.25, 0.3) is 0 Å². The molecule has 0 aromatic carbocycles. The largest absolute Gasteiger partial charge is 0.376 e. The van der Waals surface area contributed by atoms with Crippen molar-refractivity contribution in [3.05, 3.63) is 0 Å². The molecule has 0 aromatic heterocycles. The number of piperazine rings is 1. The summed E-state index contributed by atoms with van der Waals surface area (Å²) in [5, 5.41) is 20.2. The summed E-state index contributed by atoms with van der Waals surface area (Å²) in [6, 6.07) is 0. The summed E-state index contributed by atoms with van der Waals surface area (Å²) in [5.74, 6) is 0. The second-order valence-electron chi connectivity index (χ2n) is 7.34. The molecule has 2 N–H and O–H groups in total. The van der Waals surface area contributed by atoms with Crippen LogP contribution in [0.5, 0.6) is 0 Å². The fraction of sp³-hybridized carbons (Fsp3) is 1.00. The average molecular weight is 358 g/mol. The molecule has 8 nitrogen and oxygen atoms in total. The van der Waals surface area contributed by atoms with E-state index in [1.165, 1.54) is 41.5 Å². The zero-order valence-electron chi connectivity index (χ0n) is 13.8. The van der Waals surface area contributed by atoms with Crippen molar-refractivity contribution >= 4 is 20.0 Å². The summed E-state index contributed by atoms with van der Waals surface area (Å²) in [5.41, 5.74) is 0. The Bertz CT molecular complexity index is 559. The number of hydrogen-bond donors (Lipinski definition) is 2. The van der Waals surface area contributed by atoms with E-state index in [2.05, 4.69) is 0 Å². The van der Waals surface area contributed by atoms with Crippen molar-refractivity contribution in [1.82, 2.24) is 8.61 Å². The lowest BCUT2D eigenvalue weighted by Crippen LogP contribution is -2.64. The van der Waals surface area contributed by atoms with Gasteiger partial charge in [0.1, 0.15) is 12.5 Å². The molecule has 0 bridgehead atoms. The molecule has 2 unspecified atom stereocenters. The number of aliphatic hydroxyl groups is 2. The summed E-state index contributed by atoms with van der Waals surface area (Å²) < 4.78 is 48.8. The van der Waals surface area contributed by atoms with E-state index < -0.39 is 55.1 Å². The van der Waals surface area contributed by atoms with Gasteiger partial charge in [0.2, 0.25) is 20.0 Å². The molecule has 1 heterocycles. The van der Waals surface area contributed by atoms with Crippen molar-refractivity contribution in [1.29, 1.82) is 0 Å². The Hall–Kier alpha value is -0.260. The highest BCUT2D eigenvalue weighted by atomic mass is 32.2. The fourth-order valence-electron chi connectivity index (χ4n) is 1.97. The minimum absolute atomic E-state index is 0.504. The topological polar surface area (TPSA) is 115 Å². The van der Waals surface area contributed by atoms with Crippen LogP contribution in [-0.2, 0) is 20.0 Å². The van der Waals surface area contributed by atoms with Crippen molar-refractivity contribution in [3.63, 3.8) is 0 Å². The lowest BCUT2D eigenvalue weighted by atomic mass is 10.3. The molecule has 1 fully saturated rings. The standard InChI is InChI=1S/C12H26N2O6S2/c1-11(2,3)21(17,18)13-7-10(16)14(8-9(13)15)22(19,20)12(4,5)6/h9-10,15-16H,7-8H2,1-6H3. The van der Waals surface area contributed by atoms with Gasteiger partial charge in [0.05, 0.1) is 22.6 Å². The van der Waals surface area contributed by atoms with Crippen molar-refractivity contribution in [2.45, 2.75) is 63.5 Å². The van der Waals surface area contributed by atoms with E-state index in [9.17, 15) is 27.0 Å². The molecule has 132 valence electrons. The Morgan fingerprint density at radius 3 is 1.14 bits per heavy atom. The van der Waals surface area contributed by atoms with Gasteiger partial charge in [0, 0.05) is 0 Å². The molecule has 0 amide bonds. The molecule has 0 aliphatic carbocycles. The van der Waals surface area contributed by atoms with E-state index in [4.69, 9.17) is 0 Å². The first-order valence-electron chi connectivity index (χ1n) is 6.92. The first-order valence-corrected chi connectivity index (χ1v) is 9.80. The van der Waals surface area contributed by atoms with Gasteiger partial charge in [0.15, 0.2) is 0 Å². The van der Waals surface area contributed by atoms with Gasteiger partial charge in [-0.15, -0.1) is 0 Å². The van der Waals surface area contributed by atoms with Crippen LogP contribution in [0.2, 0.25) is 0 Å². The Labute approximate surface area is 132 Å². The normalized spacial score (nSPS) is 27.1. The highest BCUT2D eigenvalue weighted by Crippen LogP contribution is 2.29. The molecule has 1 aliphatic rings. The van der Waals surface area contributed by atoms with Crippen molar-refractivity contribution < 1.29 is 27.0 Å². The summed E-state index contributed by atoms with van der Waals surface area (Å²) in [7, 11) is -7.77. The zero-order valence-corrected chi connectivity index (χ0v) is 15.4. The second-order valence-corrected chi connectivity index (χ2v) is 12.6. The molecular formula is C12H26N2O6S2. The van der Waals surface area contributed by atoms with Crippen molar-refractivity contribution in [2.24, 2.45) is 0 Å². The number of β-amino-alcohol motifs (C(OH)–C–C–N with tert-alkyl or cyclic N) is 2. The van der Waals surface area contributed by atoms with Crippen LogP contribution in [-0.4, -0.2) is 70.7 Å². The van der Waals surface area contributed by atoms with Crippen LogP contribution >= 0.6 is 0 Å². The van der Waals surface area contributed by atoms with Gasteiger partial charge in [-0.25, -0.2) is 16.8 Å². The molecule has 1 rings (SSSR count). The maximum absolute atomic E-state index is 12.4. The third kappa shape index (κ3) is 3.31. The van der Waals surface area contributed by atoms with Gasteiger partial charge in [-0.3, -0.25) is 0 Å². The van der Waals surface area contributed by atoms with Crippen LogP contribution in [0.4, 0.5) is 0 Å². The molecule has 0 saturated carbocycles. The number of hydrogen-bond acceptors (Lipinski definition) is 6. The molecule has 0 radical (unpaired) electrons. The summed E-state index contributed by atoms with van der Waals surface area (Å²) in [6.45, 7) is 7.82. The summed E-state index contributed by atoms with van der Waals surface area (Å²) in [6.07, 6.45) is -3.07. The zero-order chi connectivity index (χ0) is 17.7. The minimum Gasteiger partial charge on any atom is -0.376 e. The molecule has 22 heavy (non-hydrogen) atoms. The number of sulfonamides is 2. The first kappa shape index (κ1) is 19.8. The third-order valence-electron chi connectivity index (χ3n) is 3.52. The predicted molar refractivity (Wildman–Crippen MR) is 82.8 cm³/mol. The summed E-state index contributed by atoms with van der Waals surface area (Å²) in [4.78, 5) is 0. The second kappa shape index (κ2) is 5.67. The maximum Gasteiger partial charge on any atom is 0.221 e. The van der Waals surface area contributed by atoms with Crippen LogP contribution < -0.4 is 0 Å². The maximum atomic E-state index is 12.4. The lowest BCUT2D eigenvalue weighted by Gasteiger charge is -2.44. The molecule has 0 aromatic rings. The van der Waals surface area contributed by atoms with Crippen LogP contribution in [0, 0.1) is 0 Å². The molecule has 0 spiro atoms. The number of aliphatic hydroxyl groups excluding tert-OH is 2. The molecule has 1 aliphatic heterocycles. The highest BCUT2D eigenvalue weighted by molar-refractivity contribution is 7.91. The number of nitrogens with zero attached hydrogens (tertiary/aromatic N) is 2. The highest BCUT2D eigenvalue weighted by Gasteiger charge is 2.49. The van der Waals surface area contributed by atoms with Gasteiger partial charge >= 0.3 is 0 Å². The monoisotopic (exact) mass is 358 g/mol. The van der Waals surface area contributed by atoms with E-state index in [0.717, 1.165) is 8.61 Å². The molecule has 1 saturated heterocycles. The van der Waals surface area contributed by atoms with Crippen LogP contribution in [0.1, 0.15) is 41.5 Å².